The van der Waals surface area contributed by atoms with E-state index in [1.54, 1.807) is 6.20 Å². The summed E-state index contributed by atoms with van der Waals surface area (Å²) >= 11 is 0. The van der Waals surface area contributed by atoms with E-state index < -0.39 is 22.9 Å². The molecule has 0 amide bonds. The Hall–Kier alpha value is -3.79. The number of pyridine rings is 2. The van der Waals surface area contributed by atoms with E-state index in [9.17, 15) is 13.6 Å². The average Bonchev–Trinajstić information content (AvgIpc) is 3.18. The third kappa shape index (κ3) is 3.21. The van der Waals surface area contributed by atoms with Crippen molar-refractivity contribution in [2.45, 2.75) is 0 Å². The molecule has 0 spiro atoms. The summed E-state index contributed by atoms with van der Waals surface area (Å²) in [6.45, 7) is 2.75. The number of nitrogens with two attached hydrogens (primary N) is 1. The number of benzene rings is 1. The fourth-order valence-corrected chi connectivity index (χ4v) is 3.77. The smallest absolute Gasteiger partial charge is 0.268 e. The molecule has 158 valence electrons. The Balaban J connectivity index is 1.69. The molecule has 5 rings (SSSR count). The summed E-state index contributed by atoms with van der Waals surface area (Å²) in [6, 6.07) is 7.10. The molecule has 31 heavy (non-hydrogen) atoms. The molecule has 10 heteroatoms. The molecule has 1 aliphatic heterocycles. The number of hydrogen-bond donors (Lipinski definition) is 2. The molecule has 1 aromatic carbocycles. The Bertz CT molecular complexity index is 1310. The predicted molar refractivity (Wildman–Crippen MR) is 112 cm³/mol. The summed E-state index contributed by atoms with van der Waals surface area (Å²) in [7, 11) is 0. The first-order chi connectivity index (χ1) is 15.0. The van der Waals surface area contributed by atoms with E-state index in [0.717, 1.165) is 35.6 Å². The van der Waals surface area contributed by atoms with Gasteiger partial charge in [0.05, 0.1) is 18.7 Å². The summed E-state index contributed by atoms with van der Waals surface area (Å²) in [5.41, 5.74) is 6.23. The lowest BCUT2D eigenvalue weighted by molar-refractivity contribution is 0.122. The molecule has 4 aromatic rings. The molecule has 1 fully saturated rings. The second-order valence-electron chi connectivity index (χ2n) is 7.15. The number of nitrogen functional groups attached to an aromatic ring is 1. The van der Waals surface area contributed by atoms with Crippen LogP contribution in [0, 0.1) is 11.6 Å². The molecule has 0 atom stereocenters. The van der Waals surface area contributed by atoms with Gasteiger partial charge in [0.25, 0.3) is 5.56 Å². The van der Waals surface area contributed by atoms with E-state index in [2.05, 4.69) is 20.1 Å². The topological polar surface area (TPSA) is 102 Å². The second kappa shape index (κ2) is 7.47. The van der Waals surface area contributed by atoms with Crippen LogP contribution < -0.4 is 16.2 Å². The quantitative estimate of drug-likeness (QED) is 0.524. The van der Waals surface area contributed by atoms with Gasteiger partial charge >= 0.3 is 0 Å². The summed E-state index contributed by atoms with van der Waals surface area (Å²) in [4.78, 5) is 19.6. The third-order valence-corrected chi connectivity index (χ3v) is 5.33. The van der Waals surface area contributed by atoms with Gasteiger partial charge in [0.15, 0.2) is 5.82 Å². The maximum atomic E-state index is 14.5. The van der Waals surface area contributed by atoms with Crippen molar-refractivity contribution in [3.8, 4) is 16.8 Å². The normalized spacial score (nSPS) is 14.3. The highest BCUT2D eigenvalue weighted by Gasteiger charge is 2.21. The van der Waals surface area contributed by atoms with Crippen molar-refractivity contribution in [1.29, 1.82) is 0 Å². The highest BCUT2D eigenvalue weighted by Crippen LogP contribution is 2.30. The SMILES string of the molecule is Nc1n[nH]c2c(-c3ccc(N4CCOCC4)nc3)cn(-c3c(F)cccc3F)c(=O)c12. The molecule has 3 aromatic heterocycles. The summed E-state index contributed by atoms with van der Waals surface area (Å²) in [5, 5.41) is 6.73. The van der Waals surface area contributed by atoms with Gasteiger partial charge < -0.3 is 15.4 Å². The van der Waals surface area contributed by atoms with Gasteiger partial charge in [-0.3, -0.25) is 14.5 Å². The van der Waals surface area contributed by atoms with Crippen LogP contribution in [0.15, 0.2) is 47.5 Å². The zero-order chi connectivity index (χ0) is 21.5. The Morgan fingerprint density at radius 1 is 1.10 bits per heavy atom. The first kappa shape index (κ1) is 19.2. The number of nitrogens with zero attached hydrogens (tertiary/aromatic N) is 4. The second-order valence-corrected chi connectivity index (χ2v) is 7.15. The van der Waals surface area contributed by atoms with E-state index in [4.69, 9.17) is 10.5 Å². The predicted octanol–water partition coefficient (Wildman–Crippen LogP) is 2.47. The van der Waals surface area contributed by atoms with Crippen LogP contribution >= 0.6 is 0 Å². The maximum absolute atomic E-state index is 14.5. The number of ether oxygens (including phenoxy) is 1. The largest absolute Gasteiger partial charge is 0.382 e. The van der Waals surface area contributed by atoms with Crippen LogP contribution in [0.25, 0.3) is 27.7 Å². The Morgan fingerprint density at radius 2 is 1.84 bits per heavy atom. The minimum absolute atomic E-state index is 0.0507. The first-order valence-electron chi connectivity index (χ1n) is 9.67. The van der Waals surface area contributed by atoms with Crippen LogP contribution in [0.2, 0.25) is 0 Å². The maximum Gasteiger partial charge on any atom is 0.268 e. The van der Waals surface area contributed by atoms with Gasteiger partial charge in [-0.05, 0) is 24.3 Å². The number of aromatic amines is 1. The molecular formula is C21H18F2N6O2. The lowest BCUT2D eigenvalue weighted by Gasteiger charge is -2.27. The molecule has 0 radical (unpaired) electrons. The zero-order valence-corrected chi connectivity index (χ0v) is 16.3. The fourth-order valence-electron chi connectivity index (χ4n) is 3.77. The summed E-state index contributed by atoms with van der Waals surface area (Å²) in [6.07, 6.45) is 3.01. The van der Waals surface area contributed by atoms with Gasteiger partial charge in [-0.25, -0.2) is 13.8 Å². The number of morpholine rings is 1. The Morgan fingerprint density at radius 3 is 2.52 bits per heavy atom. The van der Waals surface area contributed by atoms with Gasteiger partial charge in [-0.1, -0.05) is 6.07 Å². The fraction of sp³-hybridized carbons (Fsp3) is 0.190. The number of rotatable bonds is 3. The molecular weight excluding hydrogens is 406 g/mol. The monoisotopic (exact) mass is 424 g/mol. The van der Waals surface area contributed by atoms with E-state index in [1.165, 1.54) is 12.3 Å². The van der Waals surface area contributed by atoms with Crippen LogP contribution in [0.3, 0.4) is 0 Å². The van der Waals surface area contributed by atoms with Crippen LogP contribution in [0.1, 0.15) is 0 Å². The van der Waals surface area contributed by atoms with Crippen LogP contribution in [-0.2, 0) is 4.74 Å². The number of aromatic nitrogens is 4. The summed E-state index contributed by atoms with van der Waals surface area (Å²) < 4.78 is 35.2. The van der Waals surface area contributed by atoms with Gasteiger partial charge in [0, 0.05) is 36.6 Å². The van der Waals surface area contributed by atoms with Crippen molar-refractivity contribution in [3.05, 3.63) is 64.7 Å². The number of H-pyrrole nitrogens is 1. The lowest BCUT2D eigenvalue weighted by atomic mass is 10.1. The molecule has 1 saturated heterocycles. The van der Waals surface area contributed by atoms with Crippen LogP contribution in [0.4, 0.5) is 20.4 Å². The Labute approximate surface area is 174 Å². The lowest BCUT2D eigenvalue weighted by Crippen LogP contribution is -2.36. The molecule has 0 unspecified atom stereocenters. The van der Waals surface area contributed by atoms with E-state index >= 15 is 0 Å². The minimum Gasteiger partial charge on any atom is -0.382 e. The minimum atomic E-state index is -0.866. The van der Waals surface area contributed by atoms with Crippen LogP contribution in [0.5, 0.6) is 0 Å². The molecule has 8 nitrogen and oxygen atoms in total. The van der Waals surface area contributed by atoms with Gasteiger partial charge in [-0.15, -0.1) is 0 Å². The van der Waals surface area contributed by atoms with Gasteiger partial charge in [0.1, 0.15) is 28.5 Å². The van der Waals surface area contributed by atoms with E-state index in [0.29, 0.717) is 29.9 Å². The standard InChI is InChI=1S/C21H18F2N6O2/c22-14-2-1-3-15(23)19(14)29-11-13(18-17(21(29)30)20(24)27-26-18)12-4-5-16(25-10-12)28-6-8-31-9-7-28/h1-5,10-11H,6-9H2,(H3,24,26,27). The first-order valence-corrected chi connectivity index (χ1v) is 9.67. The van der Waals surface area contributed by atoms with Gasteiger partial charge in [0.2, 0.25) is 0 Å². The van der Waals surface area contributed by atoms with Crippen molar-refractivity contribution in [3.63, 3.8) is 0 Å². The number of para-hydroxylation sites is 1. The highest BCUT2D eigenvalue weighted by molar-refractivity contribution is 5.98. The van der Waals surface area contributed by atoms with Crippen molar-refractivity contribution in [1.82, 2.24) is 19.7 Å². The van der Waals surface area contributed by atoms with E-state index in [1.807, 2.05) is 12.1 Å². The molecule has 3 N–H and O–H groups in total. The third-order valence-electron chi connectivity index (χ3n) is 5.33. The highest BCUT2D eigenvalue weighted by atomic mass is 19.1. The number of hydrogen-bond acceptors (Lipinski definition) is 6. The number of nitrogens with one attached hydrogen (secondary N) is 1. The number of halogens is 2. The zero-order valence-electron chi connectivity index (χ0n) is 16.3. The molecule has 0 aliphatic carbocycles. The van der Waals surface area contributed by atoms with Gasteiger partial charge in [-0.2, -0.15) is 5.10 Å². The number of fused-ring (bicyclic) bond motifs is 1. The Kier molecular flexibility index (Phi) is 4.63. The average molecular weight is 424 g/mol. The van der Waals surface area contributed by atoms with Crippen molar-refractivity contribution in [2.75, 3.05) is 36.9 Å². The molecule has 1 aliphatic rings. The molecule has 0 saturated carbocycles. The van der Waals surface area contributed by atoms with Crippen molar-refractivity contribution in [2.24, 2.45) is 0 Å². The van der Waals surface area contributed by atoms with Crippen molar-refractivity contribution >= 4 is 22.5 Å². The number of anilines is 2. The molecule has 4 heterocycles. The van der Waals surface area contributed by atoms with Crippen LogP contribution in [-0.4, -0.2) is 46.1 Å². The van der Waals surface area contributed by atoms with Crippen molar-refractivity contribution < 1.29 is 13.5 Å². The van der Waals surface area contributed by atoms with E-state index in [-0.39, 0.29) is 11.2 Å². The molecule has 0 bridgehead atoms. The summed E-state index contributed by atoms with van der Waals surface area (Å²) in [5.74, 6) is -0.989.